The lowest BCUT2D eigenvalue weighted by Crippen LogP contribution is -2.27. The average molecular weight is 333 g/mol. The van der Waals surface area contributed by atoms with Gasteiger partial charge in [0.05, 0.1) is 23.8 Å². The molecule has 0 atom stereocenters. The molecule has 1 aromatic carbocycles. The van der Waals surface area contributed by atoms with E-state index in [1.54, 1.807) is 18.2 Å². The zero-order chi connectivity index (χ0) is 13.5. The summed E-state index contributed by atoms with van der Waals surface area (Å²) in [4.78, 5) is 11.8. The van der Waals surface area contributed by atoms with Crippen LogP contribution in [0.2, 0.25) is 5.02 Å². The van der Waals surface area contributed by atoms with Gasteiger partial charge in [-0.15, -0.1) is 0 Å². The summed E-state index contributed by atoms with van der Waals surface area (Å²) in [5, 5.41) is 3.16. The average Bonchev–Trinajstić information content (AvgIpc) is 2.27. The Morgan fingerprint density at radius 2 is 2.28 bits per heavy atom. The maximum Gasteiger partial charge on any atom is 0.252 e. The molecule has 0 heterocycles. The summed E-state index contributed by atoms with van der Waals surface area (Å²) in [5.74, 6) is -0.202. The molecule has 0 radical (unpaired) electrons. The van der Waals surface area contributed by atoms with Gasteiger partial charge < -0.3 is 10.1 Å². The van der Waals surface area contributed by atoms with Crippen molar-refractivity contribution < 1.29 is 9.53 Å². The molecule has 1 aromatic rings. The maximum atomic E-state index is 11.8. The molecule has 1 N–H and O–H groups in total. The van der Waals surface area contributed by atoms with E-state index in [0.717, 1.165) is 10.0 Å². The third kappa shape index (κ3) is 5.21. The Kier molecular flexibility index (Phi) is 6.39. The third-order valence-electron chi connectivity index (χ3n) is 2.06. The van der Waals surface area contributed by atoms with E-state index in [1.807, 2.05) is 6.92 Å². The van der Waals surface area contributed by atoms with E-state index in [1.165, 1.54) is 0 Å². The van der Waals surface area contributed by atoms with Gasteiger partial charge in [0.15, 0.2) is 0 Å². The van der Waals surface area contributed by atoms with Crippen LogP contribution in [0.1, 0.15) is 17.3 Å². The Balaban J connectivity index is 2.39. The van der Waals surface area contributed by atoms with E-state index in [2.05, 4.69) is 27.8 Å². The lowest BCUT2D eigenvalue weighted by molar-refractivity contribution is 0.0927. The Morgan fingerprint density at radius 1 is 1.56 bits per heavy atom. The fourth-order valence-corrected chi connectivity index (χ4v) is 2.01. The van der Waals surface area contributed by atoms with Gasteiger partial charge in [-0.1, -0.05) is 39.7 Å². The molecule has 0 aliphatic rings. The highest BCUT2D eigenvalue weighted by Crippen LogP contribution is 2.21. The number of halogens is 2. The second-order valence-corrected chi connectivity index (χ2v) is 5.21. The fraction of sp³-hybridized carbons (Fsp3) is 0.308. The highest BCUT2D eigenvalue weighted by molar-refractivity contribution is 9.10. The van der Waals surface area contributed by atoms with Gasteiger partial charge >= 0.3 is 0 Å². The van der Waals surface area contributed by atoms with Crippen molar-refractivity contribution >= 4 is 33.4 Å². The first-order chi connectivity index (χ1) is 8.50. The number of benzene rings is 1. The maximum absolute atomic E-state index is 11.8. The molecule has 0 saturated carbocycles. The number of ether oxygens (including phenoxy) is 1. The first kappa shape index (κ1) is 15.2. The second-order valence-electron chi connectivity index (χ2n) is 3.89. The van der Waals surface area contributed by atoms with Crippen LogP contribution >= 0.6 is 27.5 Å². The van der Waals surface area contributed by atoms with Gasteiger partial charge in [-0.2, -0.15) is 0 Å². The predicted molar refractivity (Wildman–Crippen MR) is 77.1 cm³/mol. The Hall–Kier alpha value is -0.840. The van der Waals surface area contributed by atoms with Crippen LogP contribution in [0.4, 0.5) is 0 Å². The summed E-state index contributed by atoms with van der Waals surface area (Å²) in [7, 11) is 0. The van der Waals surface area contributed by atoms with E-state index in [4.69, 9.17) is 16.3 Å². The number of carbonyl (C=O) groups excluding carboxylic acids is 1. The highest BCUT2D eigenvalue weighted by atomic mass is 79.9. The van der Waals surface area contributed by atoms with Crippen molar-refractivity contribution in [3.8, 4) is 0 Å². The molecule has 0 fully saturated rings. The zero-order valence-electron chi connectivity index (χ0n) is 10.1. The smallest absolute Gasteiger partial charge is 0.252 e. The zero-order valence-corrected chi connectivity index (χ0v) is 12.5. The SMILES string of the molecule is C=C(C)COCCNC(=O)c1ccc(Br)cc1Cl. The van der Waals surface area contributed by atoms with Crippen LogP contribution in [-0.4, -0.2) is 25.7 Å². The van der Waals surface area contributed by atoms with Crippen molar-refractivity contribution in [3.05, 3.63) is 45.4 Å². The molecule has 3 nitrogen and oxygen atoms in total. The summed E-state index contributed by atoms with van der Waals surface area (Å²) >= 11 is 9.26. The standard InChI is InChI=1S/C13H15BrClNO2/c1-9(2)8-18-6-5-16-13(17)11-4-3-10(14)7-12(11)15/h3-4,7H,1,5-6,8H2,2H3,(H,16,17). The van der Waals surface area contributed by atoms with E-state index in [9.17, 15) is 4.79 Å². The van der Waals surface area contributed by atoms with Crippen LogP contribution in [0, 0.1) is 0 Å². The largest absolute Gasteiger partial charge is 0.375 e. The van der Waals surface area contributed by atoms with Crippen molar-refractivity contribution in [1.82, 2.24) is 5.32 Å². The predicted octanol–water partition coefficient (Wildman–Crippen LogP) is 3.43. The third-order valence-corrected chi connectivity index (χ3v) is 2.86. The number of rotatable bonds is 6. The topological polar surface area (TPSA) is 38.3 Å². The van der Waals surface area contributed by atoms with Crippen molar-refractivity contribution in [3.63, 3.8) is 0 Å². The lowest BCUT2D eigenvalue weighted by atomic mass is 10.2. The summed E-state index contributed by atoms with van der Waals surface area (Å²) in [6, 6.07) is 5.14. The van der Waals surface area contributed by atoms with Crippen LogP contribution in [0.5, 0.6) is 0 Å². The van der Waals surface area contributed by atoms with Gasteiger partial charge in [0, 0.05) is 11.0 Å². The molecular weight excluding hydrogens is 318 g/mol. The quantitative estimate of drug-likeness (QED) is 0.640. The molecular formula is C13H15BrClNO2. The number of hydrogen-bond acceptors (Lipinski definition) is 2. The first-order valence-corrected chi connectivity index (χ1v) is 6.63. The number of amides is 1. The number of nitrogens with one attached hydrogen (secondary N) is 1. The molecule has 1 rings (SSSR count). The van der Waals surface area contributed by atoms with Gasteiger partial charge in [-0.3, -0.25) is 4.79 Å². The van der Waals surface area contributed by atoms with Crippen LogP contribution in [0.25, 0.3) is 0 Å². The van der Waals surface area contributed by atoms with Crippen molar-refractivity contribution in [1.29, 1.82) is 0 Å². The Morgan fingerprint density at radius 3 is 2.89 bits per heavy atom. The fourth-order valence-electron chi connectivity index (χ4n) is 1.25. The van der Waals surface area contributed by atoms with E-state index < -0.39 is 0 Å². The van der Waals surface area contributed by atoms with Crippen LogP contribution in [-0.2, 0) is 4.74 Å². The lowest BCUT2D eigenvalue weighted by Gasteiger charge is -2.07. The molecule has 98 valence electrons. The Bertz CT molecular complexity index is 449. The van der Waals surface area contributed by atoms with Gasteiger partial charge in [0.1, 0.15) is 0 Å². The molecule has 18 heavy (non-hydrogen) atoms. The summed E-state index contributed by atoms with van der Waals surface area (Å²) < 4.78 is 6.12. The minimum Gasteiger partial charge on any atom is -0.375 e. The molecule has 0 aliphatic carbocycles. The minimum absolute atomic E-state index is 0.202. The summed E-state index contributed by atoms with van der Waals surface area (Å²) in [6.07, 6.45) is 0. The van der Waals surface area contributed by atoms with Gasteiger partial charge in [-0.05, 0) is 25.1 Å². The van der Waals surface area contributed by atoms with E-state index in [-0.39, 0.29) is 5.91 Å². The van der Waals surface area contributed by atoms with Gasteiger partial charge in [0.25, 0.3) is 5.91 Å². The van der Waals surface area contributed by atoms with Crippen molar-refractivity contribution in [2.45, 2.75) is 6.92 Å². The molecule has 0 spiro atoms. The Labute approximate surface area is 120 Å². The first-order valence-electron chi connectivity index (χ1n) is 5.46. The molecule has 5 heteroatoms. The van der Waals surface area contributed by atoms with E-state index >= 15 is 0 Å². The summed E-state index contributed by atoms with van der Waals surface area (Å²) in [6.45, 7) is 7.01. The monoisotopic (exact) mass is 331 g/mol. The van der Waals surface area contributed by atoms with Crippen LogP contribution in [0.15, 0.2) is 34.8 Å². The van der Waals surface area contributed by atoms with Crippen LogP contribution < -0.4 is 5.32 Å². The molecule has 1 amide bonds. The summed E-state index contributed by atoms with van der Waals surface area (Å²) in [5.41, 5.74) is 1.41. The molecule has 0 aliphatic heterocycles. The van der Waals surface area contributed by atoms with Gasteiger partial charge in [-0.25, -0.2) is 0 Å². The number of hydrogen-bond donors (Lipinski definition) is 1. The molecule has 0 bridgehead atoms. The highest BCUT2D eigenvalue weighted by Gasteiger charge is 2.09. The van der Waals surface area contributed by atoms with Crippen molar-refractivity contribution in [2.75, 3.05) is 19.8 Å². The number of carbonyl (C=O) groups is 1. The molecule has 0 aromatic heterocycles. The van der Waals surface area contributed by atoms with E-state index in [0.29, 0.717) is 30.3 Å². The van der Waals surface area contributed by atoms with Gasteiger partial charge in [0.2, 0.25) is 0 Å². The van der Waals surface area contributed by atoms with Crippen LogP contribution in [0.3, 0.4) is 0 Å². The normalized spacial score (nSPS) is 10.2. The van der Waals surface area contributed by atoms with Crippen molar-refractivity contribution in [2.24, 2.45) is 0 Å². The molecule has 0 saturated heterocycles. The molecule has 0 unspecified atom stereocenters. The minimum atomic E-state index is -0.202. The second kappa shape index (κ2) is 7.56.